The van der Waals surface area contributed by atoms with Crippen LogP contribution in [0.3, 0.4) is 0 Å². The summed E-state index contributed by atoms with van der Waals surface area (Å²) in [6.07, 6.45) is 6.31. The van der Waals surface area contributed by atoms with Crippen molar-refractivity contribution in [2.75, 3.05) is 68.4 Å². The number of rotatable bonds is 9. The zero-order chi connectivity index (χ0) is 39.9. The molecule has 3 saturated carbocycles. The smallest absolute Gasteiger partial charge is 0.305 e. The van der Waals surface area contributed by atoms with Crippen molar-refractivity contribution in [1.29, 1.82) is 0 Å². The Balaban J connectivity index is 0.000000158. The minimum atomic E-state index is -3.81. The molecule has 5 aliphatic carbocycles. The maximum Gasteiger partial charge on any atom is 0.305 e. The summed E-state index contributed by atoms with van der Waals surface area (Å²) < 4.78 is 91.7. The van der Waals surface area contributed by atoms with Gasteiger partial charge in [0.2, 0.25) is 20.9 Å². The van der Waals surface area contributed by atoms with Gasteiger partial charge in [0.1, 0.15) is 23.0 Å². The number of esters is 2. The summed E-state index contributed by atoms with van der Waals surface area (Å²) in [5.41, 5.74) is 0.453. The predicted molar refractivity (Wildman–Crippen MR) is 196 cm³/mol. The van der Waals surface area contributed by atoms with E-state index in [1.807, 2.05) is 16.8 Å². The number of aromatic nitrogens is 4. The van der Waals surface area contributed by atoms with Crippen molar-refractivity contribution >= 4 is 39.4 Å². The Morgan fingerprint density at radius 1 is 0.732 bits per heavy atom. The summed E-state index contributed by atoms with van der Waals surface area (Å²) in [4.78, 5) is 46.1. The standard InChI is InChI=1S/C21H28F2N4O2.C17H21F2N3O4S/c1-26(12-5-3-6-12)20-24-18-13(7-4-8-21(18,22)23)19(25-20)27-10-15-14(16(15)11-27)9-17(28)29-2;1-26-13(23)6-10-11-7-22(8-12(10)11)15-9-4-3-5-17(18,19)14(9)20-16(21-15)27(2,24)25/h12,14-16H,3-11H2,1-2H3;10-12H,3-8H2,1-2H3/t14?,15-,16+;10?,11-,12+. The van der Waals surface area contributed by atoms with E-state index in [0.717, 1.165) is 32.2 Å². The lowest BCUT2D eigenvalue weighted by Crippen LogP contribution is -2.39. The van der Waals surface area contributed by atoms with Crippen LogP contribution in [0.4, 0.5) is 35.1 Å². The number of carbonyl (C=O) groups excluding carboxylic acids is 2. The molecule has 2 saturated heterocycles. The fraction of sp³-hybridized carbons (Fsp3) is 0.737. The zero-order valence-corrected chi connectivity index (χ0v) is 33.0. The molecule has 13 nitrogen and oxygen atoms in total. The van der Waals surface area contributed by atoms with Crippen LogP contribution in [0.25, 0.3) is 0 Å². The third-order valence-electron chi connectivity index (χ3n) is 13.3. The molecule has 2 aromatic rings. The lowest BCUT2D eigenvalue weighted by atomic mass is 9.91. The second kappa shape index (κ2) is 14.2. The number of hydrogen-bond acceptors (Lipinski definition) is 13. The number of piperidine rings is 2. The van der Waals surface area contributed by atoms with E-state index in [-0.39, 0.29) is 48.2 Å². The number of ether oxygens (including phenoxy) is 2. The number of halogens is 4. The van der Waals surface area contributed by atoms with Crippen LogP contribution in [0.15, 0.2) is 5.16 Å². The molecule has 0 amide bonds. The van der Waals surface area contributed by atoms with Gasteiger partial charge < -0.3 is 24.2 Å². The fourth-order valence-electron chi connectivity index (χ4n) is 9.78. The summed E-state index contributed by atoms with van der Waals surface area (Å²) in [6, 6.07) is 0.342. The first kappa shape index (κ1) is 39.0. The maximum absolute atomic E-state index is 14.8. The van der Waals surface area contributed by atoms with Gasteiger partial charge in [0, 0.05) is 82.3 Å². The van der Waals surface area contributed by atoms with E-state index in [1.54, 1.807) is 0 Å². The average Bonchev–Trinajstić information content (AvgIpc) is 3.74. The molecule has 5 fully saturated rings. The first-order valence-electron chi connectivity index (χ1n) is 19.7. The molecule has 2 aromatic heterocycles. The van der Waals surface area contributed by atoms with E-state index < -0.39 is 32.5 Å². The maximum atomic E-state index is 14.8. The summed E-state index contributed by atoms with van der Waals surface area (Å²) in [5.74, 6) is -3.03. The zero-order valence-electron chi connectivity index (χ0n) is 32.1. The van der Waals surface area contributed by atoms with Gasteiger partial charge in [0.05, 0.1) is 14.2 Å². The molecule has 2 aliphatic heterocycles. The Morgan fingerprint density at radius 3 is 1.59 bits per heavy atom. The van der Waals surface area contributed by atoms with Crippen LogP contribution in [0.1, 0.15) is 80.3 Å². The molecule has 306 valence electrons. The highest BCUT2D eigenvalue weighted by Gasteiger charge is 2.58. The van der Waals surface area contributed by atoms with Crippen molar-refractivity contribution < 1.29 is 45.0 Å². The van der Waals surface area contributed by atoms with Crippen molar-refractivity contribution in [3.8, 4) is 0 Å². The van der Waals surface area contributed by atoms with Crippen molar-refractivity contribution in [3.05, 3.63) is 22.5 Å². The van der Waals surface area contributed by atoms with Gasteiger partial charge in [-0.3, -0.25) is 9.59 Å². The van der Waals surface area contributed by atoms with Crippen LogP contribution in [0.5, 0.6) is 0 Å². The van der Waals surface area contributed by atoms with E-state index in [9.17, 15) is 35.6 Å². The molecule has 9 rings (SSSR count). The summed E-state index contributed by atoms with van der Waals surface area (Å²) >= 11 is 0. The van der Waals surface area contributed by atoms with Crippen LogP contribution in [-0.2, 0) is 53.6 Å². The molecule has 56 heavy (non-hydrogen) atoms. The van der Waals surface area contributed by atoms with Gasteiger partial charge in [-0.25, -0.2) is 23.4 Å². The van der Waals surface area contributed by atoms with Crippen LogP contribution in [-0.4, -0.2) is 100 Å². The van der Waals surface area contributed by atoms with E-state index >= 15 is 0 Å². The highest BCUT2D eigenvalue weighted by molar-refractivity contribution is 7.90. The minimum Gasteiger partial charge on any atom is -0.469 e. The third kappa shape index (κ3) is 7.16. The molecule has 7 aliphatic rings. The summed E-state index contributed by atoms with van der Waals surface area (Å²) in [7, 11) is 0.877. The van der Waals surface area contributed by atoms with Crippen molar-refractivity contribution in [1.82, 2.24) is 19.9 Å². The quantitative estimate of drug-likeness (QED) is 0.196. The number of nitrogens with zero attached hydrogens (tertiary/aromatic N) is 7. The lowest BCUT2D eigenvalue weighted by molar-refractivity contribution is -0.142. The van der Waals surface area contributed by atoms with E-state index in [2.05, 4.69) is 19.9 Å². The van der Waals surface area contributed by atoms with Crippen LogP contribution >= 0.6 is 0 Å². The first-order valence-corrected chi connectivity index (χ1v) is 21.5. The Bertz CT molecular complexity index is 2000. The van der Waals surface area contributed by atoms with Crippen molar-refractivity contribution in [2.45, 2.75) is 93.7 Å². The van der Waals surface area contributed by atoms with E-state index in [4.69, 9.17) is 14.5 Å². The molecule has 0 radical (unpaired) electrons. The molecule has 2 unspecified atom stereocenters. The SMILES string of the molecule is COC(=O)CC1[C@H]2CN(c3nc(N(C)C4CCC4)nc4c3CCCC4(F)F)C[C@@H]12.COC(=O)CC1[C@H]2CN(c3nc(S(C)(=O)=O)nc4c3CCCC4(F)F)C[C@@H]12. The number of sulfone groups is 1. The number of methoxy groups -OCH3 is 2. The largest absolute Gasteiger partial charge is 0.469 e. The highest BCUT2D eigenvalue weighted by Crippen LogP contribution is 2.56. The minimum absolute atomic E-state index is 0.0680. The molecule has 0 spiro atoms. The van der Waals surface area contributed by atoms with Crippen LogP contribution in [0, 0.1) is 35.5 Å². The summed E-state index contributed by atoms with van der Waals surface area (Å²) in [5, 5.41) is -0.551. The number of fused-ring (bicyclic) bond motifs is 4. The molecule has 18 heteroatoms. The van der Waals surface area contributed by atoms with Gasteiger partial charge in [0.15, 0.2) is 0 Å². The summed E-state index contributed by atoms with van der Waals surface area (Å²) in [6.45, 7) is 2.69. The van der Waals surface area contributed by atoms with Crippen molar-refractivity contribution in [3.63, 3.8) is 0 Å². The number of anilines is 3. The van der Waals surface area contributed by atoms with Crippen molar-refractivity contribution in [2.24, 2.45) is 35.5 Å². The second-order valence-corrected chi connectivity index (χ2v) is 18.7. The monoisotopic (exact) mass is 807 g/mol. The first-order chi connectivity index (χ1) is 26.5. The van der Waals surface area contributed by atoms with Crippen LogP contribution < -0.4 is 14.7 Å². The molecule has 0 bridgehead atoms. The molecule has 4 heterocycles. The van der Waals surface area contributed by atoms with Gasteiger partial charge in [-0.05, 0) is 80.5 Å². The normalized spacial score (nSPS) is 29.1. The van der Waals surface area contributed by atoms with Gasteiger partial charge in [0.25, 0.3) is 11.8 Å². The Kier molecular flexibility index (Phi) is 9.91. The predicted octanol–water partition coefficient (Wildman–Crippen LogP) is 4.69. The molecular formula is C38H49F4N7O6S. The fourth-order valence-corrected chi connectivity index (χ4v) is 10.3. The van der Waals surface area contributed by atoms with Gasteiger partial charge in [-0.15, -0.1) is 0 Å². The highest BCUT2D eigenvalue weighted by atomic mass is 32.2. The molecule has 0 aromatic carbocycles. The lowest BCUT2D eigenvalue weighted by Gasteiger charge is -2.37. The van der Waals surface area contributed by atoms with Crippen LogP contribution in [0.2, 0.25) is 0 Å². The Labute approximate surface area is 323 Å². The Morgan fingerprint density at radius 2 is 1.18 bits per heavy atom. The van der Waals surface area contributed by atoms with Gasteiger partial charge >= 0.3 is 11.9 Å². The molecule has 6 atom stereocenters. The second-order valence-electron chi connectivity index (χ2n) is 16.8. The number of alkyl halides is 4. The van der Waals surface area contributed by atoms with E-state index in [1.165, 1.54) is 20.6 Å². The third-order valence-corrected chi connectivity index (χ3v) is 14.2. The topological polar surface area (TPSA) is 148 Å². The molecule has 0 N–H and O–H groups in total. The van der Waals surface area contributed by atoms with Gasteiger partial charge in [-0.1, -0.05) is 0 Å². The average molecular weight is 808 g/mol. The Hall–Kier alpha value is -3.83. The van der Waals surface area contributed by atoms with E-state index in [0.29, 0.717) is 104 Å². The number of carbonyl (C=O) groups is 2. The number of hydrogen-bond donors (Lipinski definition) is 0. The molecular weight excluding hydrogens is 759 g/mol. The van der Waals surface area contributed by atoms with Gasteiger partial charge in [-0.2, -0.15) is 22.5 Å².